The van der Waals surface area contributed by atoms with Crippen molar-refractivity contribution in [2.45, 2.75) is 71.6 Å². The normalized spacial score (nSPS) is 13.0. The molecule has 0 aliphatic heterocycles. The molecular weight excluding hydrogens is 314 g/mol. The maximum atomic E-state index is 12.2. The van der Waals surface area contributed by atoms with E-state index in [0.717, 1.165) is 0 Å². The highest BCUT2D eigenvalue weighted by Gasteiger charge is 2.29. The maximum absolute atomic E-state index is 12.2. The predicted octanol–water partition coefficient (Wildman–Crippen LogP) is 1.08. The Morgan fingerprint density at radius 2 is 1.54 bits per heavy atom. The number of esters is 1. The third-order valence-electron chi connectivity index (χ3n) is 2.51. The average molecular weight is 345 g/mol. The molecule has 0 radical (unpaired) electrons. The van der Waals surface area contributed by atoms with Gasteiger partial charge in [0, 0.05) is 19.5 Å². The van der Waals surface area contributed by atoms with Crippen LogP contribution in [0.15, 0.2) is 0 Å². The first-order valence-electron chi connectivity index (χ1n) is 8.03. The van der Waals surface area contributed by atoms with Crippen molar-refractivity contribution in [2.75, 3.05) is 13.1 Å². The second-order valence-electron chi connectivity index (χ2n) is 7.41. The largest absolute Gasteiger partial charge is 0.458 e. The van der Waals surface area contributed by atoms with Gasteiger partial charge in [-0.05, 0) is 48.0 Å². The first-order valence-corrected chi connectivity index (χ1v) is 8.03. The SMILES string of the molecule is CC(C)(C)OC(=O)N[C@@H](CCC(=O)NCCN)C(=O)OC(C)(C)C. The lowest BCUT2D eigenvalue weighted by atomic mass is 10.1. The number of amides is 2. The molecule has 0 heterocycles. The monoisotopic (exact) mass is 345 g/mol. The molecule has 0 rings (SSSR count). The lowest BCUT2D eigenvalue weighted by Gasteiger charge is -2.26. The Balaban J connectivity index is 4.80. The quantitative estimate of drug-likeness (QED) is 0.594. The number of rotatable bonds is 7. The molecule has 0 bridgehead atoms. The zero-order valence-electron chi connectivity index (χ0n) is 15.5. The summed E-state index contributed by atoms with van der Waals surface area (Å²) in [6.45, 7) is 11.0. The highest BCUT2D eigenvalue weighted by atomic mass is 16.6. The predicted molar refractivity (Wildman–Crippen MR) is 90.3 cm³/mol. The zero-order valence-corrected chi connectivity index (χ0v) is 15.5. The van der Waals surface area contributed by atoms with Crippen LogP contribution >= 0.6 is 0 Å². The van der Waals surface area contributed by atoms with E-state index in [4.69, 9.17) is 15.2 Å². The molecule has 0 aromatic heterocycles. The van der Waals surface area contributed by atoms with Gasteiger partial charge in [-0.3, -0.25) is 4.79 Å². The van der Waals surface area contributed by atoms with Crippen molar-refractivity contribution in [1.82, 2.24) is 10.6 Å². The van der Waals surface area contributed by atoms with Crippen LogP contribution in [-0.4, -0.2) is 48.3 Å². The van der Waals surface area contributed by atoms with Gasteiger partial charge >= 0.3 is 12.1 Å². The average Bonchev–Trinajstić information content (AvgIpc) is 2.36. The number of nitrogens with two attached hydrogens (primary N) is 1. The molecule has 8 heteroatoms. The third-order valence-corrected chi connectivity index (χ3v) is 2.51. The minimum atomic E-state index is -0.970. The third kappa shape index (κ3) is 11.7. The van der Waals surface area contributed by atoms with E-state index in [-0.39, 0.29) is 18.7 Å². The zero-order chi connectivity index (χ0) is 19.0. The van der Waals surface area contributed by atoms with Gasteiger partial charge in [-0.1, -0.05) is 0 Å². The van der Waals surface area contributed by atoms with Gasteiger partial charge in [0.25, 0.3) is 0 Å². The fraction of sp³-hybridized carbons (Fsp3) is 0.812. The fourth-order valence-corrected chi connectivity index (χ4v) is 1.65. The summed E-state index contributed by atoms with van der Waals surface area (Å²) in [5.41, 5.74) is 3.92. The Morgan fingerprint density at radius 1 is 1.00 bits per heavy atom. The molecule has 0 spiro atoms. The Bertz CT molecular complexity index is 438. The minimum Gasteiger partial charge on any atom is -0.458 e. The van der Waals surface area contributed by atoms with Crippen molar-refractivity contribution in [3.05, 3.63) is 0 Å². The first-order chi connectivity index (χ1) is 10.8. The smallest absolute Gasteiger partial charge is 0.408 e. The number of carbonyl (C=O) groups is 3. The van der Waals surface area contributed by atoms with Crippen LogP contribution in [0.3, 0.4) is 0 Å². The van der Waals surface area contributed by atoms with Crippen molar-refractivity contribution in [3.63, 3.8) is 0 Å². The molecule has 0 aromatic carbocycles. The summed E-state index contributed by atoms with van der Waals surface area (Å²) in [4.78, 5) is 35.8. The highest BCUT2D eigenvalue weighted by Crippen LogP contribution is 2.12. The van der Waals surface area contributed by atoms with Crippen LogP contribution in [-0.2, 0) is 19.1 Å². The van der Waals surface area contributed by atoms with Crippen molar-refractivity contribution < 1.29 is 23.9 Å². The standard InChI is InChI=1S/C16H31N3O5/c1-15(2,3)23-13(21)11(7-8-12(20)18-10-9-17)19-14(22)24-16(4,5)6/h11H,7-10,17H2,1-6H3,(H,18,20)(H,19,22)/t11-/m0/s1. The molecule has 0 aliphatic carbocycles. The molecule has 0 fully saturated rings. The van der Waals surface area contributed by atoms with Gasteiger partial charge in [-0.15, -0.1) is 0 Å². The van der Waals surface area contributed by atoms with Crippen LogP contribution in [0.2, 0.25) is 0 Å². The van der Waals surface area contributed by atoms with Gasteiger partial charge < -0.3 is 25.8 Å². The van der Waals surface area contributed by atoms with Crippen molar-refractivity contribution in [3.8, 4) is 0 Å². The second-order valence-corrected chi connectivity index (χ2v) is 7.41. The van der Waals surface area contributed by atoms with E-state index in [1.807, 2.05) is 0 Å². The van der Waals surface area contributed by atoms with Crippen molar-refractivity contribution in [1.29, 1.82) is 0 Å². The van der Waals surface area contributed by atoms with Crippen LogP contribution in [0.1, 0.15) is 54.4 Å². The Kier molecular flexibility index (Phi) is 8.74. The van der Waals surface area contributed by atoms with Crippen LogP contribution < -0.4 is 16.4 Å². The van der Waals surface area contributed by atoms with E-state index in [1.165, 1.54) is 0 Å². The molecule has 4 N–H and O–H groups in total. The van der Waals surface area contributed by atoms with Gasteiger partial charge in [0.05, 0.1) is 0 Å². The summed E-state index contributed by atoms with van der Waals surface area (Å²) in [7, 11) is 0. The number of nitrogens with one attached hydrogen (secondary N) is 2. The van der Waals surface area contributed by atoms with E-state index in [2.05, 4.69) is 10.6 Å². The van der Waals surface area contributed by atoms with Gasteiger partial charge in [0.1, 0.15) is 17.2 Å². The molecule has 0 aliphatic rings. The molecule has 0 saturated heterocycles. The second kappa shape index (κ2) is 9.46. The lowest BCUT2D eigenvalue weighted by Crippen LogP contribution is -2.46. The van der Waals surface area contributed by atoms with E-state index < -0.39 is 29.3 Å². The summed E-state index contributed by atoms with van der Waals surface area (Å²) < 4.78 is 10.4. The summed E-state index contributed by atoms with van der Waals surface area (Å²) >= 11 is 0. The molecule has 140 valence electrons. The molecule has 0 saturated carbocycles. The molecule has 1 atom stereocenters. The Labute approximate surface area is 143 Å². The topological polar surface area (TPSA) is 120 Å². The van der Waals surface area contributed by atoms with Crippen molar-refractivity contribution >= 4 is 18.0 Å². The van der Waals surface area contributed by atoms with Gasteiger partial charge in [0.15, 0.2) is 0 Å². The molecule has 8 nitrogen and oxygen atoms in total. The number of carbonyl (C=O) groups excluding carboxylic acids is 3. The molecule has 0 aromatic rings. The van der Waals surface area contributed by atoms with E-state index >= 15 is 0 Å². The highest BCUT2D eigenvalue weighted by molar-refractivity contribution is 5.83. The Morgan fingerprint density at radius 3 is 2.00 bits per heavy atom. The molecule has 2 amide bonds. The summed E-state index contributed by atoms with van der Waals surface area (Å²) in [5, 5.41) is 5.07. The van der Waals surface area contributed by atoms with Crippen LogP contribution in [0.25, 0.3) is 0 Å². The minimum absolute atomic E-state index is 0.0553. The van der Waals surface area contributed by atoms with Crippen molar-refractivity contribution in [2.24, 2.45) is 5.73 Å². The maximum Gasteiger partial charge on any atom is 0.408 e. The molecule has 0 unspecified atom stereocenters. The number of hydrogen-bond donors (Lipinski definition) is 3. The first kappa shape index (κ1) is 22.2. The number of hydrogen-bond acceptors (Lipinski definition) is 6. The van der Waals surface area contributed by atoms with Crippen LogP contribution in [0.4, 0.5) is 4.79 Å². The van der Waals surface area contributed by atoms with Gasteiger partial charge in [-0.2, -0.15) is 0 Å². The Hall–Kier alpha value is -1.83. The lowest BCUT2D eigenvalue weighted by molar-refractivity contribution is -0.157. The number of ether oxygens (including phenoxy) is 2. The number of alkyl carbamates (subject to hydrolysis) is 1. The molecular formula is C16H31N3O5. The van der Waals surface area contributed by atoms with E-state index in [0.29, 0.717) is 13.1 Å². The van der Waals surface area contributed by atoms with Crippen LogP contribution in [0.5, 0.6) is 0 Å². The summed E-state index contributed by atoms with van der Waals surface area (Å²) in [5.74, 6) is -0.861. The van der Waals surface area contributed by atoms with E-state index in [1.54, 1.807) is 41.5 Å². The van der Waals surface area contributed by atoms with Gasteiger partial charge in [0.2, 0.25) is 5.91 Å². The molecule has 24 heavy (non-hydrogen) atoms. The fourth-order valence-electron chi connectivity index (χ4n) is 1.65. The van der Waals surface area contributed by atoms with E-state index in [9.17, 15) is 14.4 Å². The summed E-state index contributed by atoms with van der Waals surface area (Å²) in [6.07, 6.45) is -0.578. The summed E-state index contributed by atoms with van der Waals surface area (Å²) in [6, 6.07) is -0.970. The van der Waals surface area contributed by atoms with Gasteiger partial charge in [-0.25, -0.2) is 9.59 Å². The van der Waals surface area contributed by atoms with Crippen LogP contribution in [0, 0.1) is 0 Å².